The van der Waals surface area contributed by atoms with E-state index in [1.54, 1.807) is 4.90 Å². The van der Waals surface area contributed by atoms with Gasteiger partial charge in [0.25, 0.3) is 0 Å². The fraction of sp³-hybridized carbons (Fsp3) is 0.857. The second-order valence-electron chi connectivity index (χ2n) is 5.92. The van der Waals surface area contributed by atoms with E-state index in [4.69, 9.17) is 0 Å². The van der Waals surface area contributed by atoms with Crippen molar-refractivity contribution in [1.29, 1.82) is 0 Å². The van der Waals surface area contributed by atoms with Gasteiger partial charge in [-0.2, -0.15) is 0 Å². The maximum absolute atomic E-state index is 12.0. The van der Waals surface area contributed by atoms with E-state index in [0.717, 1.165) is 6.54 Å². The number of aliphatic carboxylic acids is 1. The molecule has 0 spiro atoms. The Morgan fingerprint density at radius 1 is 1.45 bits per heavy atom. The predicted octanol–water partition coefficient (Wildman–Crippen LogP) is 1.22. The van der Waals surface area contributed by atoms with Crippen LogP contribution in [0.15, 0.2) is 0 Å². The molecule has 1 unspecified atom stereocenters. The zero-order valence-electron chi connectivity index (χ0n) is 13.0. The Balaban J connectivity index is 2.41. The van der Waals surface area contributed by atoms with Crippen LogP contribution in [0.2, 0.25) is 0 Å². The number of carboxylic acids is 1. The molecule has 0 aromatic heterocycles. The molecule has 116 valence electrons. The minimum Gasteiger partial charge on any atom is -0.481 e. The summed E-state index contributed by atoms with van der Waals surface area (Å²) in [5.74, 6) is -0.796. The summed E-state index contributed by atoms with van der Waals surface area (Å²) in [4.78, 5) is 27.1. The van der Waals surface area contributed by atoms with E-state index in [0.29, 0.717) is 38.5 Å². The lowest BCUT2D eigenvalue weighted by atomic mass is 9.84. The molecular weight excluding hydrogens is 258 g/mol. The van der Waals surface area contributed by atoms with Crippen LogP contribution < -0.4 is 5.32 Å². The molecule has 1 aliphatic heterocycles. The molecule has 0 saturated carbocycles. The topological polar surface area (TPSA) is 72.9 Å². The number of hydrogen-bond donors (Lipinski definition) is 2. The van der Waals surface area contributed by atoms with Gasteiger partial charge in [-0.3, -0.25) is 4.79 Å². The molecule has 1 fully saturated rings. The lowest BCUT2D eigenvalue weighted by molar-refractivity contribution is -0.148. The first-order valence-corrected chi connectivity index (χ1v) is 7.29. The van der Waals surface area contributed by atoms with Crippen molar-refractivity contribution in [2.45, 2.75) is 39.7 Å². The molecule has 1 heterocycles. The molecule has 1 aliphatic rings. The zero-order valence-corrected chi connectivity index (χ0v) is 13.0. The number of hydrogen-bond acceptors (Lipinski definition) is 3. The molecule has 1 atom stereocenters. The average molecular weight is 285 g/mol. The summed E-state index contributed by atoms with van der Waals surface area (Å²) in [6, 6.07) is 0.289. The van der Waals surface area contributed by atoms with E-state index in [1.165, 1.54) is 0 Å². The molecule has 0 bridgehead atoms. The van der Waals surface area contributed by atoms with Crippen molar-refractivity contribution < 1.29 is 14.7 Å². The second-order valence-corrected chi connectivity index (χ2v) is 5.92. The highest BCUT2D eigenvalue weighted by molar-refractivity contribution is 5.79. The van der Waals surface area contributed by atoms with Crippen molar-refractivity contribution >= 4 is 12.0 Å². The minimum atomic E-state index is -0.796. The van der Waals surface area contributed by atoms with Crippen molar-refractivity contribution in [3.05, 3.63) is 0 Å². The number of rotatable bonds is 6. The molecule has 1 rings (SSSR count). The summed E-state index contributed by atoms with van der Waals surface area (Å²) >= 11 is 0. The first-order chi connectivity index (χ1) is 9.32. The zero-order chi connectivity index (χ0) is 15.3. The Bertz CT molecular complexity index is 360. The number of nitrogens with zero attached hydrogens (tertiary/aromatic N) is 2. The van der Waals surface area contributed by atoms with Crippen LogP contribution in [0.3, 0.4) is 0 Å². The van der Waals surface area contributed by atoms with Gasteiger partial charge in [0.1, 0.15) is 0 Å². The van der Waals surface area contributed by atoms with E-state index in [2.05, 4.69) is 24.1 Å². The third-order valence-corrected chi connectivity index (χ3v) is 4.39. The number of nitrogens with one attached hydrogen (secondary N) is 1. The Morgan fingerprint density at radius 3 is 2.55 bits per heavy atom. The molecule has 2 N–H and O–H groups in total. The third-order valence-electron chi connectivity index (χ3n) is 4.39. The maximum atomic E-state index is 12.0. The quantitative estimate of drug-likeness (QED) is 0.769. The van der Waals surface area contributed by atoms with Crippen LogP contribution >= 0.6 is 0 Å². The first-order valence-electron chi connectivity index (χ1n) is 7.29. The van der Waals surface area contributed by atoms with Gasteiger partial charge in [-0.1, -0.05) is 6.92 Å². The fourth-order valence-electron chi connectivity index (χ4n) is 2.37. The summed E-state index contributed by atoms with van der Waals surface area (Å²) in [6.07, 6.45) is 1.10. The van der Waals surface area contributed by atoms with Crippen molar-refractivity contribution in [3.63, 3.8) is 0 Å². The van der Waals surface area contributed by atoms with Gasteiger partial charge in [0.15, 0.2) is 0 Å². The van der Waals surface area contributed by atoms with Gasteiger partial charge < -0.3 is 20.2 Å². The summed E-state index contributed by atoms with van der Waals surface area (Å²) in [5, 5.41) is 12.2. The molecule has 2 amide bonds. The second kappa shape index (κ2) is 6.92. The summed E-state index contributed by atoms with van der Waals surface area (Å²) < 4.78 is 0. The molecule has 6 nitrogen and oxygen atoms in total. The Hall–Kier alpha value is -1.30. The minimum absolute atomic E-state index is 0.154. The smallest absolute Gasteiger partial charge is 0.317 e. The van der Waals surface area contributed by atoms with Gasteiger partial charge in [0, 0.05) is 32.2 Å². The van der Waals surface area contributed by atoms with Crippen LogP contribution in [0.5, 0.6) is 0 Å². The number of amides is 2. The van der Waals surface area contributed by atoms with Crippen molar-refractivity contribution in [2.24, 2.45) is 5.41 Å². The van der Waals surface area contributed by atoms with Crippen molar-refractivity contribution in [3.8, 4) is 0 Å². The first kappa shape index (κ1) is 16.8. The maximum Gasteiger partial charge on any atom is 0.317 e. The van der Waals surface area contributed by atoms with Crippen LogP contribution in [0.4, 0.5) is 4.79 Å². The van der Waals surface area contributed by atoms with Gasteiger partial charge in [0.2, 0.25) is 0 Å². The summed E-state index contributed by atoms with van der Waals surface area (Å²) in [5.41, 5.74) is -0.758. The highest BCUT2D eigenvalue weighted by atomic mass is 16.4. The normalized spacial score (nSPS) is 22.6. The molecule has 20 heavy (non-hydrogen) atoms. The van der Waals surface area contributed by atoms with Crippen molar-refractivity contribution in [2.75, 3.05) is 33.2 Å². The molecule has 0 aromatic carbocycles. The van der Waals surface area contributed by atoms with E-state index in [-0.39, 0.29) is 6.03 Å². The largest absolute Gasteiger partial charge is 0.481 e. The van der Waals surface area contributed by atoms with E-state index in [9.17, 15) is 14.7 Å². The van der Waals surface area contributed by atoms with Gasteiger partial charge in [-0.15, -0.1) is 0 Å². The Kier molecular flexibility index (Phi) is 5.80. The Labute approximate surface area is 121 Å². The number of carbonyl (C=O) groups excluding carboxylic acids is 1. The van der Waals surface area contributed by atoms with E-state index >= 15 is 0 Å². The molecule has 6 heteroatoms. The van der Waals surface area contributed by atoms with Crippen LogP contribution in [-0.4, -0.2) is 66.2 Å². The molecular formula is C14H27N3O3. The Morgan fingerprint density at radius 2 is 2.10 bits per heavy atom. The van der Waals surface area contributed by atoms with E-state index < -0.39 is 11.4 Å². The standard InChI is InChI=1S/C14H27N3O3/c1-5-14(12(18)19)6-8-17(10-14)13(20)15-7-9-16(4)11(2)3/h11H,5-10H2,1-4H3,(H,15,20)(H,18,19). The van der Waals surface area contributed by atoms with Crippen LogP contribution in [-0.2, 0) is 4.79 Å². The van der Waals surface area contributed by atoms with Gasteiger partial charge in [-0.05, 0) is 33.7 Å². The lowest BCUT2D eigenvalue weighted by Gasteiger charge is -2.24. The monoisotopic (exact) mass is 285 g/mol. The van der Waals surface area contributed by atoms with E-state index in [1.807, 2.05) is 14.0 Å². The fourth-order valence-corrected chi connectivity index (χ4v) is 2.37. The molecule has 0 aliphatic carbocycles. The predicted molar refractivity (Wildman–Crippen MR) is 77.7 cm³/mol. The molecule has 0 aromatic rings. The number of likely N-dealkylation sites (N-methyl/N-ethyl adjacent to an activating group) is 1. The average Bonchev–Trinajstić information content (AvgIpc) is 2.84. The van der Waals surface area contributed by atoms with Gasteiger partial charge >= 0.3 is 12.0 Å². The highest BCUT2D eigenvalue weighted by Gasteiger charge is 2.44. The third kappa shape index (κ3) is 3.85. The van der Waals surface area contributed by atoms with Crippen molar-refractivity contribution in [1.82, 2.24) is 15.1 Å². The highest BCUT2D eigenvalue weighted by Crippen LogP contribution is 2.34. The SMILES string of the molecule is CCC1(C(=O)O)CCN(C(=O)NCCN(C)C(C)C)C1. The molecule has 1 saturated heterocycles. The van der Waals surface area contributed by atoms with Crippen LogP contribution in [0.25, 0.3) is 0 Å². The number of carbonyl (C=O) groups is 2. The lowest BCUT2D eigenvalue weighted by Crippen LogP contribution is -2.44. The number of urea groups is 1. The summed E-state index contributed by atoms with van der Waals surface area (Å²) in [7, 11) is 2.01. The molecule has 0 radical (unpaired) electrons. The van der Waals surface area contributed by atoms with Crippen LogP contribution in [0.1, 0.15) is 33.6 Å². The number of likely N-dealkylation sites (tertiary alicyclic amines) is 1. The van der Waals surface area contributed by atoms with Gasteiger partial charge in [0.05, 0.1) is 5.41 Å². The van der Waals surface area contributed by atoms with Crippen LogP contribution in [0, 0.1) is 5.41 Å². The van der Waals surface area contributed by atoms with Gasteiger partial charge in [-0.25, -0.2) is 4.79 Å². The summed E-state index contributed by atoms with van der Waals surface area (Å²) in [6.45, 7) is 8.27. The number of carboxylic acid groups (broad SMARTS) is 1.